The smallest absolute Gasteiger partial charge is 0.259 e. The van der Waals surface area contributed by atoms with Crippen LogP contribution in [-0.2, 0) is 16.0 Å². The Balaban J connectivity index is 1.60. The zero-order valence-corrected chi connectivity index (χ0v) is 15.8. The zero-order chi connectivity index (χ0) is 19.4. The lowest BCUT2D eigenvalue weighted by molar-refractivity contribution is -0.146. The Labute approximate surface area is 158 Å². The highest BCUT2D eigenvalue weighted by Crippen LogP contribution is 2.18. The van der Waals surface area contributed by atoms with Crippen LogP contribution in [-0.4, -0.2) is 71.1 Å². The van der Waals surface area contributed by atoms with Crippen molar-refractivity contribution < 1.29 is 18.8 Å². The van der Waals surface area contributed by atoms with Crippen LogP contribution in [0.1, 0.15) is 27.5 Å². The molecule has 144 valence electrons. The van der Waals surface area contributed by atoms with Crippen molar-refractivity contribution in [1.82, 2.24) is 19.9 Å². The average Bonchev–Trinajstić information content (AvgIpc) is 3.04. The SMILES string of the molecule is Cc1noc(C)c1C(=O)N1CCO[C@H](C(=O)N(C)CCc2ccccn2)C1. The normalized spacial score (nSPS) is 17.0. The fraction of sp³-hybridized carbons (Fsp3) is 0.474. The summed E-state index contributed by atoms with van der Waals surface area (Å²) in [5.74, 6) is 0.171. The van der Waals surface area contributed by atoms with Gasteiger partial charge >= 0.3 is 0 Å². The topological polar surface area (TPSA) is 88.8 Å². The van der Waals surface area contributed by atoms with Crippen LogP contribution in [0.5, 0.6) is 0 Å². The first kappa shape index (κ1) is 19.0. The fourth-order valence-corrected chi connectivity index (χ4v) is 3.11. The molecule has 3 rings (SSSR count). The summed E-state index contributed by atoms with van der Waals surface area (Å²) in [6.45, 7) is 4.95. The number of carbonyl (C=O) groups is 2. The van der Waals surface area contributed by atoms with E-state index in [2.05, 4.69) is 10.1 Å². The van der Waals surface area contributed by atoms with Gasteiger partial charge in [-0.3, -0.25) is 14.6 Å². The Morgan fingerprint density at radius 3 is 2.81 bits per heavy atom. The van der Waals surface area contributed by atoms with E-state index in [1.54, 1.807) is 36.9 Å². The molecule has 1 fully saturated rings. The van der Waals surface area contributed by atoms with Crippen LogP contribution in [0.25, 0.3) is 0 Å². The van der Waals surface area contributed by atoms with Gasteiger partial charge in [-0.05, 0) is 26.0 Å². The summed E-state index contributed by atoms with van der Waals surface area (Å²) in [4.78, 5) is 33.0. The highest BCUT2D eigenvalue weighted by atomic mass is 16.5. The molecule has 0 unspecified atom stereocenters. The number of nitrogens with zero attached hydrogens (tertiary/aromatic N) is 4. The molecule has 0 radical (unpaired) electrons. The van der Waals surface area contributed by atoms with Gasteiger partial charge in [0.25, 0.3) is 11.8 Å². The number of hydrogen-bond donors (Lipinski definition) is 0. The van der Waals surface area contributed by atoms with Crippen molar-refractivity contribution in [3.63, 3.8) is 0 Å². The summed E-state index contributed by atoms with van der Waals surface area (Å²) in [6, 6.07) is 5.71. The number of carbonyl (C=O) groups excluding carboxylic acids is 2. The fourth-order valence-electron chi connectivity index (χ4n) is 3.11. The van der Waals surface area contributed by atoms with E-state index in [9.17, 15) is 9.59 Å². The van der Waals surface area contributed by atoms with E-state index in [0.717, 1.165) is 5.69 Å². The van der Waals surface area contributed by atoms with Gasteiger partial charge in [0.05, 0.1) is 18.8 Å². The summed E-state index contributed by atoms with van der Waals surface area (Å²) in [5.41, 5.74) is 1.95. The van der Waals surface area contributed by atoms with Crippen molar-refractivity contribution in [1.29, 1.82) is 0 Å². The van der Waals surface area contributed by atoms with E-state index in [1.807, 2.05) is 18.2 Å². The molecule has 0 N–H and O–H groups in total. The van der Waals surface area contributed by atoms with E-state index in [1.165, 1.54) is 0 Å². The van der Waals surface area contributed by atoms with E-state index in [0.29, 0.717) is 43.1 Å². The predicted octanol–water partition coefficient (Wildman–Crippen LogP) is 1.23. The second kappa shape index (κ2) is 8.30. The number of morpholine rings is 1. The van der Waals surface area contributed by atoms with Gasteiger partial charge in [-0.25, -0.2) is 0 Å². The molecule has 3 heterocycles. The van der Waals surface area contributed by atoms with Crippen molar-refractivity contribution in [2.75, 3.05) is 33.3 Å². The Kier molecular flexibility index (Phi) is 5.85. The number of amides is 2. The summed E-state index contributed by atoms with van der Waals surface area (Å²) >= 11 is 0. The molecule has 1 atom stereocenters. The minimum absolute atomic E-state index is 0.137. The number of aryl methyl sites for hydroxylation is 2. The molecule has 2 aromatic rings. The summed E-state index contributed by atoms with van der Waals surface area (Å²) in [7, 11) is 1.74. The maximum absolute atomic E-state index is 12.8. The second-order valence-corrected chi connectivity index (χ2v) is 6.64. The number of rotatable bonds is 5. The molecular weight excluding hydrogens is 348 g/mol. The second-order valence-electron chi connectivity index (χ2n) is 6.64. The van der Waals surface area contributed by atoms with Gasteiger partial charge in [0.15, 0.2) is 6.10 Å². The molecule has 8 nitrogen and oxygen atoms in total. The van der Waals surface area contributed by atoms with E-state index < -0.39 is 6.10 Å². The van der Waals surface area contributed by atoms with Crippen LogP contribution in [0.3, 0.4) is 0 Å². The van der Waals surface area contributed by atoms with Crippen LogP contribution in [0, 0.1) is 13.8 Å². The number of likely N-dealkylation sites (N-methyl/N-ethyl adjacent to an activating group) is 1. The standard InChI is InChI=1S/C19H24N4O4/c1-13-17(14(2)27-21-13)19(25)23-10-11-26-16(12-23)18(24)22(3)9-7-15-6-4-5-8-20-15/h4-6,8,16H,7,9-12H2,1-3H3/t16-/m0/s1. The van der Waals surface area contributed by atoms with Gasteiger partial charge in [0, 0.05) is 38.4 Å². The Hall–Kier alpha value is -2.74. The third kappa shape index (κ3) is 4.33. The first-order valence-electron chi connectivity index (χ1n) is 8.96. The Bertz CT molecular complexity index is 786. The lowest BCUT2D eigenvalue weighted by Crippen LogP contribution is -2.52. The van der Waals surface area contributed by atoms with Gasteiger partial charge in [-0.15, -0.1) is 0 Å². The number of ether oxygens (including phenoxy) is 1. The molecule has 1 aliphatic heterocycles. The Morgan fingerprint density at radius 1 is 1.33 bits per heavy atom. The minimum atomic E-state index is -0.670. The molecule has 0 bridgehead atoms. The van der Waals surface area contributed by atoms with Crippen LogP contribution in [0.2, 0.25) is 0 Å². The molecule has 0 aromatic carbocycles. The van der Waals surface area contributed by atoms with Crippen molar-refractivity contribution in [2.24, 2.45) is 0 Å². The van der Waals surface area contributed by atoms with E-state index in [-0.39, 0.29) is 18.4 Å². The van der Waals surface area contributed by atoms with Crippen molar-refractivity contribution in [3.05, 3.63) is 47.1 Å². The van der Waals surface area contributed by atoms with Crippen LogP contribution < -0.4 is 0 Å². The van der Waals surface area contributed by atoms with Gasteiger partial charge < -0.3 is 19.1 Å². The monoisotopic (exact) mass is 372 g/mol. The molecular formula is C19H24N4O4. The van der Waals surface area contributed by atoms with Crippen molar-refractivity contribution in [3.8, 4) is 0 Å². The molecule has 8 heteroatoms. The highest BCUT2D eigenvalue weighted by Gasteiger charge is 2.33. The van der Waals surface area contributed by atoms with Gasteiger partial charge in [0.1, 0.15) is 11.3 Å². The quantitative estimate of drug-likeness (QED) is 0.784. The molecule has 2 aromatic heterocycles. The maximum atomic E-state index is 12.8. The molecule has 1 saturated heterocycles. The summed E-state index contributed by atoms with van der Waals surface area (Å²) < 4.78 is 10.7. The first-order chi connectivity index (χ1) is 13.0. The van der Waals surface area contributed by atoms with Crippen LogP contribution in [0.15, 0.2) is 28.9 Å². The number of aromatic nitrogens is 2. The largest absolute Gasteiger partial charge is 0.365 e. The van der Waals surface area contributed by atoms with E-state index >= 15 is 0 Å². The molecule has 0 saturated carbocycles. The Morgan fingerprint density at radius 2 is 2.15 bits per heavy atom. The zero-order valence-electron chi connectivity index (χ0n) is 15.8. The van der Waals surface area contributed by atoms with Crippen molar-refractivity contribution >= 4 is 11.8 Å². The van der Waals surface area contributed by atoms with Crippen LogP contribution in [0.4, 0.5) is 0 Å². The van der Waals surface area contributed by atoms with Gasteiger partial charge in [-0.1, -0.05) is 11.2 Å². The average molecular weight is 372 g/mol. The molecule has 0 spiro atoms. The summed E-state index contributed by atoms with van der Waals surface area (Å²) in [6.07, 6.45) is 1.73. The summed E-state index contributed by atoms with van der Waals surface area (Å²) in [5, 5.41) is 3.83. The third-order valence-electron chi connectivity index (χ3n) is 4.68. The molecule has 27 heavy (non-hydrogen) atoms. The van der Waals surface area contributed by atoms with Crippen molar-refractivity contribution in [2.45, 2.75) is 26.4 Å². The molecule has 2 amide bonds. The molecule has 0 aliphatic carbocycles. The highest BCUT2D eigenvalue weighted by molar-refractivity contribution is 5.96. The first-order valence-corrected chi connectivity index (χ1v) is 8.96. The lowest BCUT2D eigenvalue weighted by atomic mass is 10.1. The third-order valence-corrected chi connectivity index (χ3v) is 4.68. The van der Waals surface area contributed by atoms with E-state index in [4.69, 9.17) is 9.26 Å². The minimum Gasteiger partial charge on any atom is -0.365 e. The van der Waals surface area contributed by atoms with Crippen LogP contribution >= 0.6 is 0 Å². The number of hydrogen-bond acceptors (Lipinski definition) is 6. The molecule has 1 aliphatic rings. The lowest BCUT2D eigenvalue weighted by Gasteiger charge is -2.34. The number of pyridine rings is 1. The predicted molar refractivity (Wildman–Crippen MR) is 97.2 cm³/mol. The van der Waals surface area contributed by atoms with Gasteiger partial charge in [-0.2, -0.15) is 0 Å². The maximum Gasteiger partial charge on any atom is 0.259 e. The van der Waals surface area contributed by atoms with Gasteiger partial charge in [0.2, 0.25) is 0 Å².